The zero-order chi connectivity index (χ0) is 70.8. The summed E-state index contributed by atoms with van der Waals surface area (Å²) in [4.78, 5) is 22.8. The zero-order valence-corrected chi connectivity index (χ0v) is 58.2. The number of carbonyl (C=O) groups is 1. The molecule has 2 unspecified atom stereocenters. The van der Waals surface area contributed by atoms with E-state index in [2.05, 4.69) is 20.1 Å². The van der Waals surface area contributed by atoms with E-state index in [0.717, 1.165) is 49.4 Å². The minimum atomic E-state index is -1.74. The summed E-state index contributed by atoms with van der Waals surface area (Å²) in [5, 5.41) is 8.86. The Morgan fingerprint density at radius 1 is 0.402 bits per heavy atom. The number of hydrogen-bond donors (Lipinski definition) is 0. The van der Waals surface area contributed by atoms with E-state index in [-0.39, 0.29) is 59.5 Å². The summed E-state index contributed by atoms with van der Waals surface area (Å²) in [6.07, 6.45) is -15.7. The third-order valence-corrected chi connectivity index (χ3v) is 18.7. The van der Waals surface area contributed by atoms with Gasteiger partial charge in [-0.15, -0.1) is 0 Å². The number of benzene rings is 8. The van der Waals surface area contributed by atoms with Gasteiger partial charge < -0.3 is 75.8 Å². The van der Waals surface area contributed by atoms with Crippen molar-refractivity contribution in [2.24, 2.45) is 10.2 Å². The van der Waals surface area contributed by atoms with Crippen molar-refractivity contribution in [3.8, 4) is 17.2 Å². The molecule has 24 heteroatoms. The first-order valence-corrected chi connectivity index (χ1v) is 34.4. The number of ether oxygens (including phenoxy) is 16. The molecule has 534 valence electrons. The summed E-state index contributed by atoms with van der Waals surface area (Å²) in [5.74, 6) is 1.08. The van der Waals surface area contributed by atoms with Crippen molar-refractivity contribution in [1.82, 2.24) is 0 Å². The van der Waals surface area contributed by atoms with Gasteiger partial charge in [0, 0.05) is 14.7 Å². The number of rotatable bonds is 35. The van der Waals surface area contributed by atoms with Crippen LogP contribution in [0.2, 0.25) is 0 Å². The average Bonchev–Trinajstić information content (AvgIpc) is 0.758. The molecule has 3 heterocycles. The smallest absolute Gasteiger partial charge is 0.337 e. The Hall–Kier alpha value is -8.88. The molecule has 15 atom stereocenters. The molecule has 0 saturated carbocycles. The fourth-order valence-corrected chi connectivity index (χ4v) is 13.3. The van der Waals surface area contributed by atoms with Gasteiger partial charge in [0.1, 0.15) is 83.6 Å². The van der Waals surface area contributed by atoms with Gasteiger partial charge in [-0.1, -0.05) is 197 Å². The van der Waals surface area contributed by atoms with Gasteiger partial charge in [-0.2, -0.15) is 0 Å². The summed E-state index contributed by atoms with van der Waals surface area (Å²) in [6.45, 7) is 2.11. The Labute approximate surface area is 597 Å². The van der Waals surface area contributed by atoms with Crippen molar-refractivity contribution in [1.29, 1.82) is 0 Å². The molecule has 0 amide bonds. The quantitative estimate of drug-likeness (QED) is 0.0155. The number of nitrogens with zero attached hydrogens (tertiary/aromatic N) is 6. The van der Waals surface area contributed by atoms with E-state index in [1.54, 1.807) is 21.3 Å². The van der Waals surface area contributed by atoms with E-state index in [4.69, 9.17) is 75.8 Å². The van der Waals surface area contributed by atoms with Gasteiger partial charge in [-0.25, -0.2) is 4.79 Å². The van der Waals surface area contributed by atoms with Gasteiger partial charge in [0.15, 0.2) is 18.7 Å². The maximum Gasteiger partial charge on any atom is 0.337 e. The topological polar surface area (TPSA) is 262 Å². The Morgan fingerprint density at radius 2 is 0.784 bits per heavy atom. The number of azide groups is 2. The van der Waals surface area contributed by atoms with Gasteiger partial charge in [0.2, 0.25) is 0 Å². The lowest BCUT2D eigenvalue weighted by Crippen LogP contribution is -2.68. The summed E-state index contributed by atoms with van der Waals surface area (Å²) < 4.78 is 107. The maximum atomic E-state index is 15.2. The third-order valence-electron chi connectivity index (χ3n) is 17.5. The highest BCUT2D eigenvalue weighted by molar-refractivity contribution is 7.99. The number of aryl methyl sites for hydroxylation is 1. The predicted octanol–water partition coefficient (Wildman–Crippen LogP) is 13.9. The lowest BCUT2D eigenvalue weighted by molar-refractivity contribution is -0.368. The van der Waals surface area contributed by atoms with Crippen LogP contribution < -0.4 is 14.2 Å². The number of methoxy groups -OCH3 is 4. The van der Waals surface area contributed by atoms with Gasteiger partial charge >= 0.3 is 5.97 Å². The van der Waals surface area contributed by atoms with Crippen molar-refractivity contribution < 1.29 is 80.6 Å². The Balaban J connectivity index is 1.02. The van der Waals surface area contributed by atoms with E-state index in [1.165, 1.54) is 18.9 Å². The van der Waals surface area contributed by atoms with Gasteiger partial charge in [-0.3, -0.25) is 0 Å². The van der Waals surface area contributed by atoms with Crippen molar-refractivity contribution in [2.75, 3.05) is 41.7 Å². The second-order valence-electron chi connectivity index (χ2n) is 24.5. The molecule has 0 aromatic heterocycles. The molecule has 102 heavy (non-hydrogen) atoms. The van der Waals surface area contributed by atoms with Crippen molar-refractivity contribution in [3.05, 3.63) is 284 Å². The second-order valence-corrected chi connectivity index (χ2v) is 25.6. The van der Waals surface area contributed by atoms with Crippen LogP contribution in [-0.4, -0.2) is 139 Å². The number of hydrogen-bond acceptors (Lipinski definition) is 20. The lowest BCUT2D eigenvalue weighted by Gasteiger charge is -2.51. The normalized spacial score (nSPS) is 24.7. The van der Waals surface area contributed by atoms with E-state index < -0.39 is 97.1 Å². The molecule has 3 aliphatic rings. The monoisotopic (exact) mass is 1410 g/mol. The van der Waals surface area contributed by atoms with Crippen LogP contribution in [0.4, 0.5) is 0 Å². The van der Waals surface area contributed by atoms with Crippen molar-refractivity contribution in [3.63, 3.8) is 0 Å². The summed E-state index contributed by atoms with van der Waals surface area (Å²) in [6, 6.07) is 65.8. The summed E-state index contributed by atoms with van der Waals surface area (Å²) >= 11 is 1.35. The van der Waals surface area contributed by atoms with Crippen LogP contribution in [0.3, 0.4) is 0 Å². The number of carbonyl (C=O) groups excluding carboxylic acids is 1. The van der Waals surface area contributed by atoms with Crippen LogP contribution in [0, 0.1) is 6.92 Å². The molecule has 0 aliphatic carbocycles. The van der Waals surface area contributed by atoms with Gasteiger partial charge in [0.25, 0.3) is 0 Å². The molecule has 0 spiro atoms. The fraction of sp³-hybridized carbons (Fsp3) is 0.372. The number of esters is 1. The maximum absolute atomic E-state index is 15.2. The molecule has 0 bridgehead atoms. The highest BCUT2D eigenvalue weighted by Gasteiger charge is 2.58. The Morgan fingerprint density at radius 3 is 1.23 bits per heavy atom. The van der Waals surface area contributed by atoms with Crippen LogP contribution >= 0.6 is 11.8 Å². The minimum Gasteiger partial charge on any atom is -0.497 e. The SMILES string of the molecule is COC(=O)[C@H]1O[C@@H](OC2[C@@H](COCc3ccc(OC)cc3)OC(Sc3ccc(C)cc3)[C@H](N=[N+]=[N-])[C@H]2OCc2ccc(OC)cc2)[C@H](OCc2ccccc2)[C@@H](OCc2ccccc2)[C@@H]1O[C@H]1O[C@H](COCc2ccc(OC)cc2)[C@@H](OCc2ccccc2)[C@H](OCc2ccccc2)[C@H]1N=[N+]=[N-]. The first-order valence-electron chi connectivity index (χ1n) is 33.6. The van der Waals surface area contributed by atoms with Crippen LogP contribution in [0.1, 0.15) is 44.5 Å². The highest BCUT2D eigenvalue weighted by Crippen LogP contribution is 2.42. The minimum absolute atomic E-state index is 0.00819. The molecule has 3 fully saturated rings. The molecule has 8 aromatic carbocycles. The Kier molecular flexibility index (Phi) is 28.0. The zero-order valence-electron chi connectivity index (χ0n) is 57.3. The predicted molar refractivity (Wildman–Crippen MR) is 378 cm³/mol. The largest absolute Gasteiger partial charge is 0.497 e. The van der Waals surface area contributed by atoms with Gasteiger partial charge in [-0.05, 0) is 105 Å². The van der Waals surface area contributed by atoms with Crippen molar-refractivity contribution in [2.45, 2.75) is 149 Å². The summed E-state index contributed by atoms with van der Waals surface area (Å²) in [7, 11) is 6.01. The Bertz CT molecular complexity index is 3910. The highest BCUT2D eigenvalue weighted by atomic mass is 32.2. The van der Waals surface area contributed by atoms with Crippen LogP contribution in [0.5, 0.6) is 17.2 Å². The molecular weight excluding hydrogens is 1320 g/mol. The van der Waals surface area contributed by atoms with Crippen molar-refractivity contribution >= 4 is 17.7 Å². The first-order chi connectivity index (χ1) is 50.1. The lowest BCUT2D eigenvalue weighted by atomic mass is 9.94. The first kappa shape index (κ1) is 74.3. The molecule has 8 aromatic rings. The molecule has 23 nitrogen and oxygen atoms in total. The van der Waals surface area contributed by atoms with Crippen LogP contribution in [0.15, 0.2) is 234 Å². The average molecular weight is 1410 g/mol. The number of thioether (sulfide) groups is 1. The molecule has 3 aliphatic heterocycles. The van der Waals surface area contributed by atoms with E-state index >= 15 is 4.79 Å². The third kappa shape index (κ3) is 20.5. The standard InChI is InChI=1S/C78H84N6O17S/c1-51-26-40-62(41-27-51)102-78-66(82-84-80)70(94-48-58-32-38-61(88-4)39-33-58)68(64(98-78)50-91-43-57-30-36-60(87-3)37-31-57)99-77-74(96-47-55-24-16-9-17-25-55)71(95-46-54-22-14-8-15-23-54)72(73(101-77)75(85)89-5)100-76-65(81-83-79)69(93-45-53-20-12-7-13-21-53)67(92-44-52-18-10-6-11-19-52)63(97-76)49-90-42-56-28-34-59(86-2)35-29-56/h6-41,63-74,76-78H,42-50H2,1-5H3/t63-,64-,65-,66-,67-,68?,69-,70-,71+,72+,73+,74-,76-,77-,78?/m1/s1. The van der Waals surface area contributed by atoms with Crippen LogP contribution in [-0.2, 0) is 113 Å². The second kappa shape index (κ2) is 38.4. The van der Waals surface area contributed by atoms with E-state index in [9.17, 15) is 11.1 Å². The molecule has 3 saturated heterocycles. The van der Waals surface area contributed by atoms with Crippen LogP contribution in [0.25, 0.3) is 20.9 Å². The molecular formula is C78H84N6O17S. The van der Waals surface area contributed by atoms with E-state index in [0.29, 0.717) is 17.2 Å². The molecule has 11 rings (SSSR count). The molecule has 0 N–H and O–H groups in total. The fourth-order valence-electron chi connectivity index (χ4n) is 12.2. The van der Waals surface area contributed by atoms with Gasteiger partial charge in [0.05, 0.1) is 94.0 Å². The molecule has 0 radical (unpaired) electrons. The summed E-state index contributed by atoms with van der Waals surface area (Å²) in [5.41, 5.74) is 27.1. The van der Waals surface area contributed by atoms with E-state index in [1.807, 2.05) is 225 Å².